The van der Waals surface area contributed by atoms with Gasteiger partial charge in [-0.15, -0.1) is 0 Å². The highest BCUT2D eigenvalue weighted by Crippen LogP contribution is 2.17. The van der Waals surface area contributed by atoms with Crippen LogP contribution in [0, 0.1) is 20.8 Å². The van der Waals surface area contributed by atoms with Gasteiger partial charge in [-0.1, -0.05) is 12.1 Å². The highest BCUT2D eigenvalue weighted by atomic mass is 16.2. The van der Waals surface area contributed by atoms with Crippen LogP contribution >= 0.6 is 0 Å². The van der Waals surface area contributed by atoms with Crippen molar-refractivity contribution >= 4 is 23.4 Å². The maximum Gasteiger partial charge on any atom is 0.319 e. The van der Waals surface area contributed by atoms with Crippen LogP contribution in [0.15, 0.2) is 24.3 Å². The van der Waals surface area contributed by atoms with Gasteiger partial charge in [0.2, 0.25) is 0 Å². The molecule has 0 saturated heterocycles. The molecule has 134 valence electrons. The Morgan fingerprint density at radius 3 is 2.60 bits per heavy atom. The summed E-state index contributed by atoms with van der Waals surface area (Å²) in [5.74, 6) is 2.29. The van der Waals surface area contributed by atoms with Gasteiger partial charge < -0.3 is 20.9 Å². The first-order valence-electron chi connectivity index (χ1n) is 8.25. The Kier molecular flexibility index (Phi) is 6.16. The molecule has 0 aliphatic rings. The average Bonchev–Trinajstić information content (AvgIpc) is 2.55. The highest BCUT2D eigenvalue weighted by molar-refractivity contribution is 5.90. The van der Waals surface area contributed by atoms with E-state index in [9.17, 15) is 4.79 Å². The molecule has 1 aromatic carbocycles. The molecular formula is C18H26N6O. The van der Waals surface area contributed by atoms with Gasteiger partial charge in [0.05, 0.1) is 0 Å². The molecule has 0 atom stereocenters. The van der Waals surface area contributed by atoms with Crippen LogP contribution in [0.5, 0.6) is 0 Å². The molecule has 0 unspecified atom stereocenters. The molecule has 0 aliphatic heterocycles. The van der Waals surface area contributed by atoms with E-state index in [0.717, 1.165) is 28.5 Å². The molecule has 2 amide bonds. The smallest absolute Gasteiger partial charge is 0.319 e. The Hall–Kier alpha value is -2.83. The highest BCUT2D eigenvalue weighted by Gasteiger charge is 2.06. The maximum absolute atomic E-state index is 12.0. The zero-order chi connectivity index (χ0) is 18.4. The van der Waals surface area contributed by atoms with Crippen molar-refractivity contribution < 1.29 is 4.79 Å². The van der Waals surface area contributed by atoms with Crippen molar-refractivity contribution in [2.75, 3.05) is 42.7 Å². The Morgan fingerprint density at radius 2 is 1.88 bits per heavy atom. The lowest BCUT2D eigenvalue weighted by molar-refractivity contribution is 0.252. The second-order valence-electron chi connectivity index (χ2n) is 6.11. The molecule has 2 aromatic rings. The third-order valence-corrected chi connectivity index (χ3v) is 3.85. The van der Waals surface area contributed by atoms with Gasteiger partial charge in [-0.3, -0.25) is 0 Å². The molecule has 7 heteroatoms. The minimum absolute atomic E-state index is 0.219. The normalized spacial score (nSPS) is 10.3. The molecule has 1 heterocycles. The SMILES string of the molecule is Cc1nc(NCCNC(=O)Nc2cccc(C)c2C)cc(N(C)C)n1. The van der Waals surface area contributed by atoms with Gasteiger partial charge in [0.15, 0.2) is 0 Å². The van der Waals surface area contributed by atoms with E-state index >= 15 is 0 Å². The Morgan fingerprint density at radius 1 is 1.12 bits per heavy atom. The summed E-state index contributed by atoms with van der Waals surface area (Å²) < 4.78 is 0. The number of urea groups is 1. The molecule has 0 spiro atoms. The summed E-state index contributed by atoms with van der Waals surface area (Å²) in [6.45, 7) is 6.93. The van der Waals surface area contributed by atoms with Gasteiger partial charge in [-0.2, -0.15) is 0 Å². The van der Waals surface area contributed by atoms with Crippen molar-refractivity contribution in [3.05, 3.63) is 41.2 Å². The number of carbonyl (C=O) groups is 1. The predicted octanol–water partition coefficient (Wildman–Crippen LogP) is 2.70. The largest absolute Gasteiger partial charge is 0.368 e. The first-order chi connectivity index (χ1) is 11.9. The zero-order valence-electron chi connectivity index (χ0n) is 15.5. The van der Waals surface area contributed by atoms with Crippen molar-refractivity contribution in [3.8, 4) is 0 Å². The lowest BCUT2D eigenvalue weighted by atomic mass is 10.1. The summed E-state index contributed by atoms with van der Waals surface area (Å²) in [7, 11) is 3.87. The summed E-state index contributed by atoms with van der Waals surface area (Å²) in [5.41, 5.74) is 3.05. The van der Waals surface area contributed by atoms with Crippen molar-refractivity contribution in [1.29, 1.82) is 0 Å². The van der Waals surface area contributed by atoms with Crippen molar-refractivity contribution in [3.63, 3.8) is 0 Å². The fourth-order valence-corrected chi connectivity index (χ4v) is 2.29. The van der Waals surface area contributed by atoms with E-state index in [4.69, 9.17) is 0 Å². The number of hydrogen-bond acceptors (Lipinski definition) is 5. The Balaban J connectivity index is 1.81. The molecule has 0 bridgehead atoms. The molecule has 0 radical (unpaired) electrons. The van der Waals surface area contributed by atoms with Crippen LogP contribution in [0.25, 0.3) is 0 Å². The van der Waals surface area contributed by atoms with Gasteiger partial charge in [-0.25, -0.2) is 14.8 Å². The van der Waals surface area contributed by atoms with E-state index in [-0.39, 0.29) is 6.03 Å². The van der Waals surface area contributed by atoms with Crippen LogP contribution in [0.4, 0.5) is 22.1 Å². The number of nitrogens with zero attached hydrogens (tertiary/aromatic N) is 3. The average molecular weight is 342 g/mol. The van der Waals surface area contributed by atoms with Crippen LogP contribution in [0.2, 0.25) is 0 Å². The fraction of sp³-hybridized carbons (Fsp3) is 0.389. The lowest BCUT2D eigenvalue weighted by Crippen LogP contribution is -2.33. The summed E-state index contributed by atoms with van der Waals surface area (Å²) in [4.78, 5) is 22.6. The quantitative estimate of drug-likeness (QED) is 0.703. The Labute approximate surface area is 148 Å². The molecule has 7 nitrogen and oxygen atoms in total. The number of benzene rings is 1. The second kappa shape index (κ2) is 8.32. The number of aromatic nitrogens is 2. The molecule has 0 fully saturated rings. The third kappa shape index (κ3) is 5.34. The van der Waals surface area contributed by atoms with E-state index in [0.29, 0.717) is 18.9 Å². The zero-order valence-corrected chi connectivity index (χ0v) is 15.5. The number of nitrogens with one attached hydrogen (secondary N) is 3. The molecule has 1 aromatic heterocycles. The number of carbonyl (C=O) groups excluding carboxylic acids is 1. The molecule has 3 N–H and O–H groups in total. The van der Waals surface area contributed by atoms with E-state index in [1.165, 1.54) is 0 Å². The van der Waals surface area contributed by atoms with E-state index in [1.807, 2.05) is 64.0 Å². The fourth-order valence-electron chi connectivity index (χ4n) is 2.29. The minimum Gasteiger partial charge on any atom is -0.368 e. The summed E-state index contributed by atoms with van der Waals surface area (Å²) in [6.07, 6.45) is 0. The van der Waals surface area contributed by atoms with Crippen LogP contribution in [-0.4, -0.2) is 43.2 Å². The third-order valence-electron chi connectivity index (χ3n) is 3.85. The van der Waals surface area contributed by atoms with Gasteiger partial charge in [0, 0.05) is 38.9 Å². The molecule has 2 rings (SSSR count). The van der Waals surface area contributed by atoms with Gasteiger partial charge in [0.1, 0.15) is 17.5 Å². The number of anilines is 3. The summed E-state index contributed by atoms with van der Waals surface area (Å²) in [5, 5.41) is 8.91. The number of hydrogen-bond donors (Lipinski definition) is 3. The number of rotatable bonds is 6. The minimum atomic E-state index is -0.219. The lowest BCUT2D eigenvalue weighted by Gasteiger charge is -2.14. The predicted molar refractivity (Wildman–Crippen MR) is 103 cm³/mol. The first-order valence-corrected chi connectivity index (χ1v) is 8.25. The van der Waals surface area contributed by atoms with Crippen LogP contribution in [0.3, 0.4) is 0 Å². The van der Waals surface area contributed by atoms with Gasteiger partial charge in [-0.05, 0) is 38.0 Å². The van der Waals surface area contributed by atoms with Crippen LogP contribution in [-0.2, 0) is 0 Å². The van der Waals surface area contributed by atoms with E-state index in [1.54, 1.807) is 0 Å². The first kappa shape index (κ1) is 18.5. The molecule has 25 heavy (non-hydrogen) atoms. The second-order valence-corrected chi connectivity index (χ2v) is 6.11. The molecule has 0 saturated carbocycles. The number of aryl methyl sites for hydroxylation is 2. The topological polar surface area (TPSA) is 82.2 Å². The van der Waals surface area contributed by atoms with Crippen molar-refractivity contribution in [1.82, 2.24) is 15.3 Å². The van der Waals surface area contributed by atoms with Crippen LogP contribution in [0.1, 0.15) is 17.0 Å². The van der Waals surface area contributed by atoms with Gasteiger partial charge in [0.25, 0.3) is 0 Å². The standard InChI is InChI=1S/C18H26N6O/c1-12-7-6-8-15(13(12)2)23-18(25)20-10-9-19-16-11-17(24(4)5)22-14(3)21-16/h6-8,11H,9-10H2,1-5H3,(H,19,21,22)(H2,20,23,25). The van der Waals surface area contributed by atoms with E-state index in [2.05, 4.69) is 25.9 Å². The van der Waals surface area contributed by atoms with Crippen LogP contribution < -0.4 is 20.9 Å². The molecule has 0 aliphatic carbocycles. The van der Waals surface area contributed by atoms with Gasteiger partial charge >= 0.3 is 6.03 Å². The summed E-state index contributed by atoms with van der Waals surface area (Å²) in [6, 6.07) is 7.51. The number of amides is 2. The van der Waals surface area contributed by atoms with E-state index < -0.39 is 0 Å². The maximum atomic E-state index is 12.0. The summed E-state index contributed by atoms with van der Waals surface area (Å²) >= 11 is 0. The van der Waals surface area contributed by atoms with Crippen molar-refractivity contribution in [2.24, 2.45) is 0 Å². The monoisotopic (exact) mass is 342 g/mol. The molecular weight excluding hydrogens is 316 g/mol. The Bertz CT molecular complexity index is 744. The van der Waals surface area contributed by atoms with Crippen molar-refractivity contribution in [2.45, 2.75) is 20.8 Å².